The number of pyridine rings is 1. The number of rotatable bonds is 4. The fraction of sp³-hybridized carbons (Fsp3) is 0.389. The maximum atomic E-state index is 12.6. The fourth-order valence-electron chi connectivity index (χ4n) is 2.93. The van der Waals surface area contributed by atoms with Gasteiger partial charge in [-0.05, 0) is 37.1 Å². The van der Waals surface area contributed by atoms with Crippen LogP contribution in [0.2, 0.25) is 0 Å². The normalized spacial score (nSPS) is 23.0. The van der Waals surface area contributed by atoms with Crippen molar-refractivity contribution in [3.63, 3.8) is 0 Å². The molecule has 0 spiro atoms. The van der Waals surface area contributed by atoms with Crippen LogP contribution in [0.5, 0.6) is 0 Å². The Morgan fingerprint density at radius 1 is 1.42 bits per heavy atom. The Hall–Kier alpha value is -2.05. The van der Waals surface area contributed by atoms with Gasteiger partial charge in [0.25, 0.3) is 0 Å². The van der Waals surface area contributed by atoms with Gasteiger partial charge in [-0.25, -0.2) is 4.79 Å². The quantitative estimate of drug-likeness (QED) is 0.798. The van der Waals surface area contributed by atoms with E-state index in [1.165, 1.54) is 4.90 Å². The van der Waals surface area contributed by atoms with Gasteiger partial charge >= 0.3 is 6.03 Å². The number of hydrogen-bond acceptors (Lipinski definition) is 3. The third-order valence-corrected chi connectivity index (χ3v) is 5.22. The summed E-state index contributed by atoms with van der Waals surface area (Å²) in [7, 11) is 1.62. The Bertz CT molecular complexity index is 776. The number of carbonyl (C=O) groups is 2. The molecule has 3 amide bonds. The van der Waals surface area contributed by atoms with Gasteiger partial charge in [-0.15, -0.1) is 11.6 Å². The molecule has 0 bridgehead atoms. The molecule has 1 aliphatic carbocycles. The van der Waals surface area contributed by atoms with E-state index in [9.17, 15) is 9.59 Å². The first-order chi connectivity index (χ1) is 12.4. The first-order valence-electron chi connectivity index (χ1n) is 8.32. The van der Waals surface area contributed by atoms with Gasteiger partial charge in [0, 0.05) is 24.3 Å². The van der Waals surface area contributed by atoms with Crippen LogP contribution in [0.3, 0.4) is 0 Å². The summed E-state index contributed by atoms with van der Waals surface area (Å²) < 4.78 is 0. The minimum Gasteiger partial charge on any atom is -0.350 e. The lowest BCUT2D eigenvalue weighted by atomic mass is 10.1. The zero-order valence-corrected chi connectivity index (χ0v) is 16.1. The summed E-state index contributed by atoms with van der Waals surface area (Å²) in [6.07, 6.45) is 6.01. The number of aryl methyl sites for hydroxylation is 1. The van der Waals surface area contributed by atoms with E-state index in [1.807, 2.05) is 25.1 Å². The largest absolute Gasteiger partial charge is 0.350 e. The zero-order valence-electron chi connectivity index (χ0n) is 14.6. The molecular weight excluding hydrogens is 375 g/mol. The average Bonchev–Trinajstić information content (AvgIpc) is 2.90. The minimum atomic E-state index is -0.573. The minimum absolute atomic E-state index is 0.114. The van der Waals surface area contributed by atoms with Crippen molar-refractivity contribution >= 4 is 40.8 Å². The molecule has 1 aromatic rings. The van der Waals surface area contributed by atoms with E-state index in [1.54, 1.807) is 24.2 Å². The number of allylic oxidation sites excluding steroid dienone is 2. The number of anilines is 1. The highest BCUT2D eigenvalue weighted by atomic mass is 35.5. The van der Waals surface area contributed by atoms with Crippen molar-refractivity contribution in [3.05, 3.63) is 46.8 Å². The monoisotopic (exact) mass is 394 g/mol. The topological polar surface area (TPSA) is 65.5 Å². The van der Waals surface area contributed by atoms with Gasteiger partial charge < -0.3 is 10.2 Å². The second-order valence-corrected chi connectivity index (χ2v) is 7.36. The number of aromatic nitrogens is 1. The van der Waals surface area contributed by atoms with E-state index in [4.69, 9.17) is 23.2 Å². The third-order valence-electron chi connectivity index (χ3n) is 4.54. The van der Waals surface area contributed by atoms with Crippen molar-refractivity contribution in [1.82, 2.24) is 15.2 Å². The number of hydrogen-bond donors (Lipinski definition) is 1. The van der Waals surface area contributed by atoms with Crippen molar-refractivity contribution in [2.24, 2.45) is 0 Å². The van der Waals surface area contributed by atoms with Gasteiger partial charge in [-0.2, -0.15) is 0 Å². The highest BCUT2D eigenvalue weighted by Crippen LogP contribution is 2.25. The summed E-state index contributed by atoms with van der Waals surface area (Å²) in [4.78, 5) is 32.3. The molecule has 2 heterocycles. The summed E-state index contributed by atoms with van der Waals surface area (Å²) in [6.45, 7) is 2.46. The predicted molar refractivity (Wildman–Crippen MR) is 103 cm³/mol. The number of urea groups is 1. The molecule has 6 nitrogen and oxygen atoms in total. The van der Waals surface area contributed by atoms with E-state index in [-0.39, 0.29) is 23.9 Å². The van der Waals surface area contributed by atoms with Crippen LogP contribution < -0.4 is 10.2 Å². The van der Waals surface area contributed by atoms with Crippen LogP contribution in [0.25, 0.3) is 0 Å². The molecule has 26 heavy (non-hydrogen) atoms. The lowest BCUT2D eigenvalue weighted by Crippen LogP contribution is -2.44. The second kappa shape index (κ2) is 7.68. The van der Waals surface area contributed by atoms with Crippen LogP contribution in [0.1, 0.15) is 12.1 Å². The molecule has 1 saturated heterocycles. The first kappa shape index (κ1) is 18.7. The Balaban J connectivity index is 1.64. The molecule has 3 rings (SSSR count). The number of amides is 3. The predicted octanol–water partition coefficient (Wildman–Crippen LogP) is 2.81. The zero-order chi connectivity index (χ0) is 18.8. The standard InChI is InChI=1S/C18H20Cl2N4O2/c1-11-3-6-14(9-21-11)24-10-16(23(2)18(24)26)17(25)22-8-12-4-5-13(19)7-15(12)20/h3-4,6-7,9,13,16H,5,8,10H2,1-2H3,(H,22,25). The Morgan fingerprint density at radius 2 is 2.19 bits per heavy atom. The molecule has 0 aromatic carbocycles. The lowest BCUT2D eigenvalue weighted by Gasteiger charge is -2.19. The van der Waals surface area contributed by atoms with Crippen molar-refractivity contribution in [3.8, 4) is 0 Å². The Labute approximate surface area is 162 Å². The SMILES string of the molecule is Cc1ccc(N2CC(C(=O)NCC3=CCC(Cl)C=C3Cl)N(C)C2=O)cn1. The summed E-state index contributed by atoms with van der Waals surface area (Å²) in [5.74, 6) is -0.221. The van der Waals surface area contributed by atoms with E-state index in [0.717, 1.165) is 11.3 Å². The molecular formula is C18H20Cl2N4O2. The molecule has 2 unspecified atom stereocenters. The Morgan fingerprint density at radius 3 is 2.85 bits per heavy atom. The summed E-state index contributed by atoms with van der Waals surface area (Å²) in [5, 5.41) is 3.30. The highest BCUT2D eigenvalue weighted by molar-refractivity contribution is 6.33. The van der Waals surface area contributed by atoms with Crippen LogP contribution in [0.15, 0.2) is 41.1 Å². The average molecular weight is 395 g/mol. The van der Waals surface area contributed by atoms with Crippen molar-refractivity contribution in [2.75, 3.05) is 25.0 Å². The van der Waals surface area contributed by atoms with Crippen molar-refractivity contribution in [2.45, 2.75) is 24.8 Å². The van der Waals surface area contributed by atoms with Gasteiger partial charge in [-0.3, -0.25) is 14.7 Å². The van der Waals surface area contributed by atoms with Gasteiger partial charge in [0.15, 0.2) is 0 Å². The lowest BCUT2D eigenvalue weighted by molar-refractivity contribution is -0.124. The number of nitrogens with one attached hydrogen (secondary N) is 1. The maximum absolute atomic E-state index is 12.6. The summed E-state index contributed by atoms with van der Waals surface area (Å²) >= 11 is 12.2. The number of nitrogens with zero attached hydrogens (tertiary/aromatic N) is 3. The maximum Gasteiger partial charge on any atom is 0.325 e. The van der Waals surface area contributed by atoms with E-state index < -0.39 is 6.04 Å². The van der Waals surface area contributed by atoms with Crippen LogP contribution >= 0.6 is 23.2 Å². The van der Waals surface area contributed by atoms with Gasteiger partial charge in [0.05, 0.1) is 23.8 Å². The van der Waals surface area contributed by atoms with Crippen molar-refractivity contribution < 1.29 is 9.59 Å². The van der Waals surface area contributed by atoms with E-state index in [0.29, 0.717) is 23.7 Å². The van der Waals surface area contributed by atoms with E-state index >= 15 is 0 Å². The third kappa shape index (κ3) is 3.86. The molecule has 1 fully saturated rings. The van der Waals surface area contributed by atoms with Crippen LogP contribution in [0.4, 0.5) is 10.5 Å². The summed E-state index contributed by atoms with van der Waals surface area (Å²) in [6, 6.07) is 2.87. The van der Waals surface area contributed by atoms with E-state index in [2.05, 4.69) is 10.3 Å². The molecule has 138 valence electrons. The molecule has 0 saturated carbocycles. The number of likely N-dealkylation sites (N-methyl/N-ethyl adjacent to an activating group) is 1. The Kier molecular flexibility index (Phi) is 5.53. The van der Waals surface area contributed by atoms with Gasteiger partial charge in [-0.1, -0.05) is 17.7 Å². The molecule has 1 aliphatic heterocycles. The molecule has 8 heteroatoms. The smallest absolute Gasteiger partial charge is 0.325 e. The first-order valence-corrected chi connectivity index (χ1v) is 9.13. The van der Waals surface area contributed by atoms with Crippen LogP contribution in [-0.4, -0.2) is 53.4 Å². The molecule has 0 radical (unpaired) electrons. The number of alkyl halides is 1. The number of carbonyl (C=O) groups excluding carboxylic acids is 2. The molecule has 2 atom stereocenters. The van der Waals surface area contributed by atoms with Gasteiger partial charge in [0.1, 0.15) is 6.04 Å². The van der Waals surface area contributed by atoms with Crippen molar-refractivity contribution in [1.29, 1.82) is 0 Å². The highest BCUT2D eigenvalue weighted by Gasteiger charge is 2.39. The molecule has 1 aromatic heterocycles. The second-order valence-electron chi connectivity index (χ2n) is 6.39. The van der Waals surface area contributed by atoms with Gasteiger partial charge in [0.2, 0.25) is 5.91 Å². The number of halogens is 2. The van der Waals surface area contributed by atoms with Crippen LogP contribution in [0, 0.1) is 6.92 Å². The fourth-order valence-corrected chi connectivity index (χ4v) is 3.51. The summed E-state index contributed by atoms with van der Waals surface area (Å²) in [5.41, 5.74) is 2.38. The van der Waals surface area contributed by atoms with Crippen LogP contribution in [-0.2, 0) is 4.79 Å². The molecule has 2 aliphatic rings. The molecule has 1 N–H and O–H groups in total.